The van der Waals surface area contributed by atoms with E-state index in [1.807, 2.05) is 54.6 Å². The summed E-state index contributed by atoms with van der Waals surface area (Å²) in [5.41, 5.74) is 2.28. The molecule has 5 nitrogen and oxygen atoms in total. The maximum Gasteiger partial charge on any atom is 0.333 e. The molecule has 1 saturated heterocycles. The molecule has 0 N–H and O–H groups in total. The van der Waals surface area contributed by atoms with Gasteiger partial charge in [-0.1, -0.05) is 96.2 Å². The number of hydrogen-bond donors (Lipinski definition) is 0. The van der Waals surface area contributed by atoms with E-state index in [2.05, 4.69) is 0 Å². The van der Waals surface area contributed by atoms with Crippen LogP contribution in [0.3, 0.4) is 0 Å². The van der Waals surface area contributed by atoms with Crippen molar-refractivity contribution in [2.45, 2.75) is 12.6 Å². The van der Waals surface area contributed by atoms with Crippen LogP contribution in [0.15, 0.2) is 83.8 Å². The second kappa shape index (κ2) is 10.9. The number of carbonyl (C=O) groups excluding carboxylic acids is 2. The van der Waals surface area contributed by atoms with Crippen LogP contribution >= 0.6 is 35.6 Å². The van der Waals surface area contributed by atoms with Crippen LogP contribution in [-0.2, 0) is 20.9 Å². The summed E-state index contributed by atoms with van der Waals surface area (Å²) in [6, 6.07) is 22.9. The van der Waals surface area contributed by atoms with Crippen LogP contribution in [0.1, 0.15) is 22.7 Å². The molecule has 1 fully saturated rings. The van der Waals surface area contributed by atoms with Gasteiger partial charge < -0.3 is 9.47 Å². The molecular weight excluding hydrogens is 490 g/mol. The summed E-state index contributed by atoms with van der Waals surface area (Å²) in [5, 5.41) is 0.640. The summed E-state index contributed by atoms with van der Waals surface area (Å²) in [6.45, 7) is 0.323. The molecule has 172 valence electrons. The molecule has 1 unspecified atom stereocenters. The number of methoxy groups -OCH3 is 1. The van der Waals surface area contributed by atoms with Gasteiger partial charge in [0.15, 0.2) is 6.04 Å². The number of halogens is 1. The van der Waals surface area contributed by atoms with Crippen LogP contribution in [0, 0.1) is 0 Å². The van der Waals surface area contributed by atoms with Gasteiger partial charge in [0.1, 0.15) is 16.7 Å². The number of benzene rings is 3. The van der Waals surface area contributed by atoms with Crippen molar-refractivity contribution in [3.8, 4) is 5.75 Å². The molecule has 1 atom stereocenters. The third-order valence-corrected chi connectivity index (χ3v) is 6.83. The lowest BCUT2D eigenvalue weighted by Crippen LogP contribution is -2.37. The molecular formula is C26H20ClNO4S2. The molecule has 3 aromatic carbocycles. The van der Waals surface area contributed by atoms with Crippen molar-refractivity contribution < 1.29 is 19.1 Å². The minimum absolute atomic E-state index is 0.293. The first-order valence-corrected chi connectivity index (χ1v) is 11.9. The minimum Gasteiger partial charge on any atom is -0.489 e. The van der Waals surface area contributed by atoms with Crippen LogP contribution < -0.4 is 4.74 Å². The Kier molecular flexibility index (Phi) is 7.67. The number of thiocarbonyl (C=S) groups is 1. The fourth-order valence-electron chi connectivity index (χ4n) is 3.46. The van der Waals surface area contributed by atoms with Crippen LogP contribution in [0.5, 0.6) is 5.75 Å². The van der Waals surface area contributed by atoms with E-state index in [-0.39, 0.29) is 5.91 Å². The predicted octanol–water partition coefficient (Wildman–Crippen LogP) is 6.03. The van der Waals surface area contributed by atoms with Crippen LogP contribution in [0.4, 0.5) is 0 Å². The monoisotopic (exact) mass is 509 g/mol. The number of ether oxygens (including phenoxy) is 2. The number of amides is 1. The fourth-order valence-corrected chi connectivity index (χ4v) is 4.97. The van der Waals surface area contributed by atoms with E-state index in [9.17, 15) is 9.59 Å². The highest BCUT2D eigenvalue weighted by molar-refractivity contribution is 8.26. The second-order valence-electron chi connectivity index (χ2n) is 7.34. The van der Waals surface area contributed by atoms with Gasteiger partial charge in [-0.15, -0.1) is 0 Å². The van der Waals surface area contributed by atoms with E-state index in [1.54, 1.807) is 30.3 Å². The molecule has 34 heavy (non-hydrogen) atoms. The first kappa shape index (κ1) is 24.0. The SMILES string of the molecule is COC(=O)C(c1ccccc1)N1C(=O)/C(=C\c2cccc(OCc3ccccc3Cl)c2)SC1=S. The Morgan fingerprint density at radius 2 is 1.82 bits per heavy atom. The average molecular weight is 510 g/mol. The van der Waals surface area contributed by atoms with Crippen LogP contribution in [-0.4, -0.2) is 28.2 Å². The van der Waals surface area contributed by atoms with E-state index in [4.69, 9.17) is 33.3 Å². The maximum absolute atomic E-state index is 13.3. The van der Waals surface area contributed by atoms with Gasteiger partial charge in [-0.25, -0.2) is 4.79 Å². The molecule has 8 heteroatoms. The molecule has 0 saturated carbocycles. The van der Waals surface area contributed by atoms with Crippen LogP contribution in [0.2, 0.25) is 5.02 Å². The number of hydrogen-bond acceptors (Lipinski definition) is 6. The fraction of sp³-hybridized carbons (Fsp3) is 0.115. The Hall–Kier alpha value is -3.13. The van der Waals surface area contributed by atoms with E-state index in [1.165, 1.54) is 12.0 Å². The molecule has 3 aromatic rings. The summed E-state index contributed by atoms with van der Waals surface area (Å²) in [5.74, 6) is -0.267. The van der Waals surface area contributed by atoms with Gasteiger partial charge in [0.05, 0.1) is 12.0 Å². The Bertz CT molecular complexity index is 1260. The number of esters is 1. The molecule has 0 bridgehead atoms. The van der Waals surface area contributed by atoms with Crippen molar-refractivity contribution in [2.75, 3.05) is 7.11 Å². The largest absolute Gasteiger partial charge is 0.489 e. The van der Waals surface area contributed by atoms with Crippen molar-refractivity contribution in [1.82, 2.24) is 4.90 Å². The van der Waals surface area contributed by atoms with Crippen LogP contribution in [0.25, 0.3) is 6.08 Å². The Morgan fingerprint density at radius 1 is 1.09 bits per heavy atom. The Labute approximate surface area is 212 Å². The summed E-state index contributed by atoms with van der Waals surface area (Å²) in [4.78, 5) is 27.6. The Morgan fingerprint density at radius 3 is 2.56 bits per heavy atom. The van der Waals surface area contributed by atoms with Crippen molar-refractivity contribution in [3.05, 3.63) is 105 Å². The van der Waals surface area contributed by atoms with Gasteiger partial charge in [0.25, 0.3) is 5.91 Å². The van der Waals surface area contributed by atoms with Gasteiger partial charge >= 0.3 is 5.97 Å². The molecule has 4 rings (SSSR count). The smallest absolute Gasteiger partial charge is 0.333 e. The normalized spacial score (nSPS) is 15.5. The highest BCUT2D eigenvalue weighted by atomic mass is 35.5. The first-order chi connectivity index (χ1) is 16.5. The summed E-state index contributed by atoms with van der Waals surface area (Å²) < 4.78 is 11.1. The lowest BCUT2D eigenvalue weighted by Gasteiger charge is -2.24. The number of thioether (sulfide) groups is 1. The zero-order valence-electron chi connectivity index (χ0n) is 18.1. The third kappa shape index (κ3) is 5.33. The molecule has 0 radical (unpaired) electrons. The molecule has 1 aliphatic heterocycles. The van der Waals surface area contributed by atoms with E-state index < -0.39 is 12.0 Å². The average Bonchev–Trinajstić information content (AvgIpc) is 3.12. The number of rotatable bonds is 7. The standard InChI is InChI=1S/C26H20ClNO4S2/c1-31-25(30)23(18-9-3-2-4-10-18)28-24(29)22(34-26(28)33)15-17-8-7-12-20(14-17)32-16-19-11-5-6-13-21(19)27/h2-15,23H,16H2,1H3/b22-15+. The third-order valence-electron chi connectivity index (χ3n) is 5.13. The zero-order chi connectivity index (χ0) is 24.1. The van der Waals surface area contributed by atoms with E-state index in [0.29, 0.717) is 32.2 Å². The van der Waals surface area contributed by atoms with Gasteiger partial charge in [-0.3, -0.25) is 9.69 Å². The number of carbonyl (C=O) groups is 2. The van der Waals surface area contributed by atoms with Crippen molar-refractivity contribution in [3.63, 3.8) is 0 Å². The van der Waals surface area contributed by atoms with E-state index >= 15 is 0 Å². The highest BCUT2D eigenvalue weighted by Crippen LogP contribution is 2.39. The molecule has 0 aliphatic carbocycles. The quantitative estimate of drug-likeness (QED) is 0.220. The predicted molar refractivity (Wildman–Crippen MR) is 138 cm³/mol. The van der Waals surface area contributed by atoms with Gasteiger partial charge in [-0.05, 0) is 35.4 Å². The lowest BCUT2D eigenvalue weighted by atomic mass is 10.1. The van der Waals surface area contributed by atoms with E-state index in [0.717, 1.165) is 22.9 Å². The molecule has 1 aliphatic rings. The first-order valence-electron chi connectivity index (χ1n) is 10.3. The molecule has 1 amide bonds. The molecule has 0 spiro atoms. The lowest BCUT2D eigenvalue weighted by molar-refractivity contribution is -0.148. The number of nitrogens with zero attached hydrogens (tertiary/aromatic N) is 1. The topological polar surface area (TPSA) is 55.8 Å². The zero-order valence-corrected chi connectivity index (χ0v) is 20.5. The summed E-state index contributed by atoms with van der Waals surface area (Å²) in [6.07, 6.45) is 1.74. The Balaban J connectivity index is 1.55. The van der Waals surface area contributed by atoms with Crippen molar-refractivity contribution in [2.24, 2.45) is 0 Å². The minimum atomic E-state index is -0.949. The second-order valence-corrected chi connectivity index (χ2v) is 9.42. The van der Waals surface area contributed by atoms with Gasteiger partial charge in [-0.2, -0.15) is 0 Å². The molecule has 0 aromatic heterocycles. The maximum atomic E-state index is 13.3. The van der Waals surface area contributed by atoms with Crippen molar-refractivity contribution in [1.29, 1.82) is 0 Å². The highest BCUT2D eigenvalue weighted by Gasteiger charge is 2.41. The summed E-state index contributed by atoms with van der Waals surface area (Å²) in [7, 11) is 1.29. The van der Waals surface area contributed by atoms with Crippen molar-refractivity contribution >= 4 is 57.9 Å². The van der Waals surface area contributed by atoms with Gasteiger partial charge in [0.2, 0.25) is 0 Å². The summed E-state index contributed by atoms with van der Waals surface area (Å²) >= 11 is 12.8. The molecule has 1 heterocycles. The van der Waals surface area contributed by atoms with Gasteiger partial charge in [0, 0.05) is 10.6 Å².